The van der Waals surface area contributed by atoms with Gasteiger partial charge in [-0.2, -0.15) is 5.10 Å². The van der Waals surface area contributed by atoms with E-state index in [1.165, 1.54) is 24.8 Å². The number of rotatable bonds is 5. The van der Waals surface area contributed by atoms with Gasteiger partial charge in [0.05, 0.1) is 11.4 Å². The van der Waals surface area contributed by atoms with Crippen LogP contribution >= 0.6 is 11.6 Å². The molecule has 1 aliphatic carbocycles. The fraction of sp³-hybridized carbons (Fsp3) is 0.421. The van der Waals surface area contributed by atoms with E-state index in [2.05, 4.69) is 15.2 Å². The maximum atomic E-state index is 13.0. The summed E-state index contributed by atoms with van der Waals surface area (Å²) in [6, 6.07) is 5.73. The Balaban J connectivity index is 1.64. The minimum atomic E-state index is -0.0249. The van der Waals surface area contributed by atoms with E-state index < -0.39 is 0 Å². The van der Waals surface area contributed by atoms with Gasteiger partial charge in [0.1, 0.15) is 5.69 Å². The molecule has 2 aliphatic rings. The van der Waals surface area contributed by atoms with Crippen molar-refractivity contribution < 1.29 is 4.79 Å². The Morgan fingerprint density at radius 3 is 2.92 bits per heavy atom. The molecule has 1 aromatic heterocycles. The number of halogens is 1. The third-order valence-corrected chi connectivity index (χ3v) is 5.47. The van der Waals surface area contributed by atoms with Crippen LogP contribution in [0.2, 0.25) is 5.02 Å². The Hall–Kier alpha value is -2.14. The van der Waals surface area contributed by atoms with Gasteiger partial charge in [-0.25, -0.2) is 0 Å². The molecule has 5 nitrogen and oxygen atoms in total. The number of aromatic nitrogens is 2. The fourth-order valence-corrected chi connectivity index (χ4v) is 3.68. The number of carbonyl (C=O) groups excluding carboxylic acids is 1. The highest BCUT2D eigenvalue weighted by Crippen LogP contribution is 2.36. The first-order chi connectivity index (χ1) is 12.1. The summed E-state index contributed by atoms with van der Waals surface area (Å²) in [6.07, 6.45) is 6.35. The van der Waals surface area contributed by atoms with Crippen molar-refractivity contribution in [3.8, 4) is 0 Å². The lowest BCUT2D eigenvalue weighted by atomic mass is 9.85. The maximum absolute atomic E-state index is 13.0. The van der Waals surface area contributed by atoms with Gasteiger partial charge >= 0.3 is 0 Å². The van der Waals surface area contributed by atoms with Crippen molar-refractivity contribution in [2.75, 3.05) is 6.54 Å². The first kappa shape index (κ1) is 16.3. The molecular weight excluding hydrogens is 336 g/mol. The highest BCUT2D eigenvalue weighted by atomic mass is 35.5. The molecule has 1 aromatic carbocycles. The molecule has 6 heteroatoms. The van der Waals surface area contributed by atoms with Crippen LogP contribution in [-0.2, 0) is 13.0 Å². The molecule has 1 fully saturated rings. The van der Waals surface area contributed by atoms with Crippen LogP contribution in [0.5, 0.6) is 0 Å². The predicted octanol–water partition coefficient (Wildman–Crippen LogP) is 4.07. The topological polar surface area (TPSA) is 61.4 Å². The van der Waals surface area contributed by atoms with Crippen LogP contribution in [0, 0.1) is 12.8 Å². The lowest BCUT2D eigenvalue weighted by Crippen LogP contribution is -2.37. The number of hydrogen-bond donors (Lipinski definition) is 1. The normalized spacial score (nSPS) is 15.9. The zero-order valence-electron chi connectivity index (χ0n) is 14.3. The third-order valence-electron chi connectivity index (χ3n) is 5.12. The van der Waals surface area contributed by atoms with Gasteiger partial charge in [-0.1, -0.05) is 24.1 Å². The predicted molar refractivity (Wildman–Crippen MR) is 98.7 cm³/mol. The number of carbonyl (C=O) groups is 1. The number of hydrogen-bond acceptors (Lipinski definition) is 3. The summed E-state index contributed by atoms with van der Waals surface area (Å²) in [4.78, 5) is 19.4. The first-order valence-corrected chi connectivity index (χ1v) is 9.13. The zero-order valence-corrected chi connectivity index (χ0v) is 15.0. The van der Waals surface area contributed by atoms with E-state index in [0.29, 0.717) is 23.2 Å². The highest BCUT2D eigenvalue weighted by molar-refractivity contribution is 6.31. The van der Waals surface area contributed by atoms with Crippen LogP contribution in [0.1, 0.15) is 46.6 Å². The molecule has 4 rings (SSSR count). The van der Waals surface area contributed by atoms with E-state index in [-0.39, 0.29) is 5.91 Å². The highest BCUT2D eigenvalue weighted by Gasteiger charge is 2.27. The largest absolute Gasteiger partial charge is 0.333 e. The van der Waals surface area contributed by atoms with E-state index in [1.807, 2.05) is 30.2 Å². The molecule has 2 aromatic rings. The molecule has 1 aliphatic heterocycles. The number of nitrogens with zero attached hydrogens (tertiary/aromatic N) is 3. The van der Waals surface area contributed by atoms with Crippen LogP contribution in [0.15, 0.2) is 23.2 Å². The average Bonchev–Trinajstić information content (AvgIpc) is 3.19. The number of benzene rings is 1. The van der Waals surface area contributed by atoms with E-state index in [0.717, 1.165) is 29.9 Å². The summed E-state index contributed by atoms with van der Waals surface area (Å²) < 4.78 is 0. The second kappa shape index (κ2) is 6.64. The van der Waals surface area contributed by atoms with Gasteiger partial charge in [0.15, 0.2) is 0 Å². The lowest BCUT2D eigenvalue weighted by Gasteiger charge is -2.32. The zero-order chi connectivity index (χ0) is 17.4. The first-order valence-electron chi connectivity index (χ1n) is 8.76. The lowest BCUT2D eigenvalue weighted by molar-refractivity contribution is 0.0674. The maximum Gasteiger partial charge on any atom is 0.272 e. The van der Waals surface area contributed by atoms with Crippen LogP contribution in [-0.4, -0.2) is 33.8 Å². The van der Waals surface area contributed by atoms with Crippen LogP contribution in [0.25, 0.3) is 0 Å². The van der Waals surface area contributed by atoms with Crippen LogP contribution in [0.3, 0.4) is 0 Å². The molecule has 130 valence electrons. The van der Waals surface area contributed by atoms with Crippen molar-refractivity contribution in [3.05, 3.63) is 45.7 Å². The molecular formula is C19H21ClN4O. The molecule has 0 saturated heterocycles. The molecule has 0 spiro atoms. The van der Waals surface area contributed by atoms with Crippen LogP contribution < -0.4 is 0 Å². The Morgan fingerprint density at radius 2 is 2.24 bits per heavy atom. The smallest absolute Gasteiger partial charge is 0.272 e. The van der Waals surface area contributed by atoms with Gasteiger partial charge in [0.25, 0.3) is 5.91 Å². The van der Waals surface area contributed by atoms with Gasteiger partial charge in [0.2, 0.25) is 0 Å². The number of fused-ring (bicyclic) bond motifs is 1. The van der Waals surface area contributed by atoms with Gasteiger partial charge in [-0.3, -0.25) is 14.9 Å². The van der Waals surface area contributed by atoms with Gasteiger partial charge < -0.3 is 4.90 Å². The molecule has 0 bridgehead atoms. The summed E-state index contributed by atoms with van der Waals surface area (Å²) >= 11 is 6.46. The van der Waals surface area contributed by atoms with Gasteiger partial charge in [-0.15, -0.1) is 0 Å². The second-order valence-corrected chi connectivity index (χ2v) is 7.36. The quantitative estimate of drug-likeness (QED) is 0.877. The SMILES string of the molecule is Cc1cc(C(=O)N(Cc2c(Cl)ccc3c2N=CC3)CC2CCC2)[nH]n1. The molecule has 1 saturated carbocycles. The monoisotopic (exact) mass is 356 g/mol. The molecule has 0 unspecified atom stereocenters. The summed E-state index contributed by atoms with van der Waals surface area (Å²) in [5.41, 5.74) is 4.39. The van der Waals surface area contributed by atoms with E-state index >= 15 is 0 Å². The minimum absolute atomic E-state index is 0.0249. The number of aliphatic imine (C=N–C) groups is 1. The minimum Gasteiger partial charge on any atom is -0.333 e. The Bertz CT molecular complexity index is 838. The summed E-state index contributed by atoms with van der Waals surface area (Å²) in [5, 5.41) is 7.61. The van der Waals surface area contributed by atoms with Crippen molar-refractivity contribution >= 4 is 29.4 Å². The van der Waals surface area contributed by atoms with Gasteiger partial charge in [-0.05, 0) is 43.4 Å². The standard InChI is InChI=1S/C19H21ClN4O/c1-12-9-17(23-22-12)19(25)24(10-13-3-2-4-13)11-15-16(20)6-5-14-7-8-21-18(14)15/h5-6,8-9,13H,2-4,7,10-11H2,1H3,(H,22,23). The van der Waals surface area contributed by atoms with Crippen molar-refractivity contribution in [1.29, 1.82) is 0 Å². The van der Waals surface area contributed by atoms with Crippen molar-refractivity contribution in [3.63, 3.8) is 0 Å². The van der Waals surface area contributed by atoms with Crippen molar-refractivity contribution in [2.24, 2.45) is 10.9 Å². The molecule has 2 heterocycles. The number of aromatic amines is 1. The van der Waals surface area contributed by atoms with Gasteiger partial charge in [0, 0.05) is 36.3 Å². The third kappa shape index (κ3) is 3.21. The summed E-state index contributed by atoms with van der Waals surface area (Å²) in [7, 11) is 0. The average molecular weight is 357 g/mol. The van der Waals surface area contributed by atoms with E-state index in [9.17, 15) is 4.79 Å². The number of nitrogens with one attached hydrogen (secondary N) is 1. The fourth-order valence-electron chi connectivity index (χ4n) is 3.47. The molecule has 25 heavy (non-hydrogen) atoms. The molecule has 1 amide bonds. The second-order valence-electron chi connectivity index (χ2n) is 6.96. The van der Waals surface area contributed by atoms with Crippen molar-refractivity contribution in [1.82, 2.24) is 15.1 Å². The summed E-state index contributed by atoms with van der Waals surface area (Å²) in [6.45, 7) is 3.10. The van der Waals surface area contributed by atoms with Crippen molar-refractivity contribution in [2.45, 2.75) is 39.2 Å². The van der Waals surface area contributed by atoms with E-state index in [4.69, 9.17) is 11.6 Å². The molecule has 0 atom stereocenters. The Morgan fingerprint density at radius 1 is 1.40 bits per heavy atom. The number of H-pyrrole nitrogens is 1. The Kier molecular flexibility index (Phi) is 4.34. The molecule has 1 N–H and O–H groups in total. The van der Waals surface area contributed by atoms with E-state index in [1.54, 1.807) is 6.07 Å². The molecule has 0 radical (unpaired) electrons. The number of amides is 1. The Labute approximate surface area is 152 Å². The van der Waals surface area contributed by atoms with Crippen LogP contribution in [0.4, 0.5) is 5.69 Å². The summed E-state index contributed by atoms with van der Waals surface area (Å²) in [5.74, 6) is 0.551. The number of aryl methyl sites for hydroxylation is 1.